The van der Waals surface area contributed by atoms with Crippen LogP contribution in [-0.4, -0.2) is 39.2 Å². The van der Waals surface area contributed by atoms with Crippen LogP contribution in [0.2, 0.25) is 0 Å². The number of rotatable bonds is 9. The standard InChI is InChI=1S/C10H23NO3S/c1-3-5-7-15(12,13)8-6-10(9-11)14-4-2/h10H,3-9,11H2,1-2H3. The van der Waals surface area contributed by atoms with Crippen LogP contribution in [0.1, 0.15) is 33.1 Å². The Bertz CT molecular complexity index is 239. The van der Waals surface area contributed by atoms with Crippen LogP contribution in [0.5, 0.6) is 0 Å². The first-order chi connectivity index (χ1) is 7.05. The molecule has 0 rings (SSSR count). The third-order valence-corrected chi connectivity index (χ3v) is 3.99. The van der Waals surface area contributed by atoms with E-state index in [2.05, 4.69) is 0 Å². The smallest absolute Gasteiger partial charge is 0.150 e. The van der Waals surface area contributed by atoms with Gasteiger partial charge in [0.1, 0.15) is 9.84 Å². The minimum absolute atomic E-state index is 0.119. The van der Waals surface area contributed by atoms with Crippen LogP contribution < -0.4 is 5.73 Å². The highest BCUT2D eigenvalue weighted by Gasteiger charge is 2.14. The Hall–Kier alpha value is -0.130. The maximum absolute atomic E-state index is 11.5. The average molecular weight is 237 g/mol. The van der Waals surface area contributed by atoms with Crippen LogP contribution in [0.4, 0.5) is 0 Å². The maximum atomic E-state index is 11.5. The van der Waals surface area contributed by atoms with E-state index in [1.807, 2.05) is 13.8 Å². The van der Waals surface area contributed by atoms with Gasteiger partial charge < -0.3 is 10.5 Å². The van der Waals surface area contributed by atoms with Crippen molar-refractivity contribution >= 4 is 9.84 Å². The number of sulfone groups is 1. The molecule has 0 aliphatic heterocycles. The Labute approximate surface area is 93.1 Å². The molecule has 0 fully saturated rings. The molecule has 2 N–H and O–H groups in total. The molecule has 1 atom stereocenters. The van der Waals surface area contributed by atoms with Crippen molar-refractivity contribution in [2.75, 3.05) is 24.7 Å². The summed E-state index contributed by atoms with van der Waals surface area (Å²) in [6.45, 7) is 4.83. The average Bonchev–Trinajstić information content (AvgIpc) is 2.21. The fourth-order valence-corrected chi connectivity index (χ4v) is 2.84. The van der Waals surface area contributed by atoms with Crippen LogP contribution in [0.15, 0.2) is 0 Å². The molecular formula is C10H23NO3S. The molecule has 92 valence electrons. The number of hydrogen-bond donors (Lipinski definition) is 1. The quantitative estimate of drug-likeness (QED) is 0.648. The molecule has 0 aliphatic rings. The van der Waals surface area contributed by atoms with Crippen molar-refractivity contribution in [2.24, 2.45) is 5.73 Å². The maximum Gasteiger partial charge on any atom is 0.150 e. The number of ether oxygens (including phenoxy) is 1. The molecule has 1 unspecified atom stereocenters. The Balaban J connectivity index is 3.90. The Morgan fingerprint density at radius 2 is 1.93 bits per heavy atom. The largest absolute Gasteiger partial charge is 0.377 e. The van der Waals surface area contributed by atoms with E-state index in [0.29, 0.717) is 19.6 Å². The fourth-order valence-electron chi connectivity index (χ4n) is 1.28. The Morgan fingerprint density at radius 1 is 1.27 bits per heavy atom. The van der Waals surface area contributed by atoms with Crippen molar-refractivity contribution in [1.29, 1.82) is 0 Å². The molecule has 0 saturated carbocycles. The Morgan fingerprint density at radius 3 is 2.40 bits per heavy atom. The first-order valence-electron chi connectivity index (χ1n) is 5.57. The van der Waals surface area contributed by atoms with Crippen LogP contribution >= 0.6 is 0 Å². The molecule has 0 amide bonds. The molecule has 0 aliphatic carbocycles. The van der Waals surface area contributed by atoms with E-state index in [-0.39, 0.29) is 17.6 Å². The van der Waals surface area contributed by atoms with E-state index >= 15 is 0 Å². The van der Waals surface area contributed by atoms with Gasteiger partial charge in [0.25, 0.3) is 0 Å². The summed E-state index contributed by atoms with van der Waals surface area (Å²) in [6, 6.07) is 0. The highest BCUT2D eigenvalue weighted by molar-refractivity contribution is 7.91. The molecule has 0 spiro atoms. The van der Waals surface area contributed by atoms with Gasteiger partial charge in [0.2, 0.25) is 0 Å². The SMILES string of the molecule is CCCCS(=O)(=O)CCC(CN)OCC. The topological polar surface area (TPSA) is 69.4 Å². The predicted octanol–water partition coefficient (Wildman–Crippen LogP) is 0.955. The number of nitrogens with two attached hydrogens (primary N) is 1. The zero-order chi connectivity index (χ0) is 11.7. The summed E-state index contributed by atoms with van der Waals surface area (Å²) in [4.78, 5) is 0. The van der Waals surface area contributed by atoms with E-state index in [0.717, 1.165) is 12.8 Å². The lowest BCUT2D eigenvalue weighted by Gasteiger charge is -2.14. The molecular weight excluding hydrogens is 214 g/mol. The van der Waals surface area contributed by atoms with Gasteiger partial charge in [0.05, 0.1) is 17.6 Å². The minimum Gasteiger partial charge on any atom is -0.377 e. The van der Waals surface area contributed by atoms with Crippen LogP contribution in [0, 0.1) is 0 Å². The van der Waals surface area contributed by atoms with Gasteiger partial charge in [0.15, 0.2) is 0 Å². The van der Waals surface area contributed by atoms with Gasteiger partial charge in [0, 0.05) is 13.2 Å². The molecule has 0 saturated heterocycles. The van der Waals surface area contributed by atoms with Crippen molar-refractivity contribution < 1.29 is 13.2 Å². The van der Waals surface area contributed by atoms with Crippen molar-refractivity contribution in [3.8, 4) is 0 Å². The minimum atomic E-state index is -2.90. The van der Waals surface area contributed by atoms with Crippen molar-refractivity contribution in [2.45, 2.75) is 39.2 Å². The van der Waals surface area contributed by atoms with Crippen LogP contribution in [0.3, 0.4) is 0 Å². The lowest BCUT2D eigenvalue weighted by molar-refractivity contribution is 0.0671. The highest BCUT2D eigenvalue weighted by atomic mass is 32.2. The first kappa shape index (κ1) is 14.9. The molecule has 15 heavy (non-hydrogen) atoms. The second-order valence-corrected chi connectivity index (χ2v) is 5.91. The molecule has 0 aromatic carbocycles. The summed E-state index contributed by atoms with van der Waals surface area (Å²) in [5.74, 6) is 0.474. The van der Waals surface area contributed by atoms with Gasteiger partial charge in [-0.05, 0) is 19.8 Å². The lowest BCUT2D eigenvalue weighted by Crippen LogP contribution is -2.27. The molecule has 0 aromatic heterocycles. The monoisotopic (exact) mass is 237 g/mol. The van der Waals surface area contributed by atoms with Gasteiger partial charge >= 0.3 is 0 Å². The summed E-state index contributed by atoms with van der Waals surface area (Å²) >= 11 is 0. The van der Waals surface area contributed by atoms with Gasteiger partial charge in [-0.15, -0.1) is 0 Å². The van der Waals surface area contributed by atoms with Crippen molar-refractivity contribution in [1.82, 2.24) is 0 Å². The molecule has 0 radical (unpaired) electrons. The second-order valence-electron chi connectivity index (χ2n) is 3.61. The third kappa shape index (κ3) is 7.76. The summed E-state index contributed by atoms with van der Waals surface area (Å²) in [6.07, 6.45) is 2.04. The molecule has 4 nitrogen and oxygen atoms in total. The third-order valence-electron chi connectivity index (χ3n) is 2.22. The summed E-state index contributed by atoms with van der Waals surface area (Å²) in [5.41, 5.74) is 5.47. The van der Waals surface area contributed by atoms with Gasteiger partial charge in [-0.25, -0.2) is 8.42 Å². The molecule has 0 bridgehead atoms. The number of unbranched alkanes of at least 4 members (excludes halogenated alkanes) is 1. The summed E-state index contributed by atoms with van der Waals surface area (Å²) < 4.78 is 28.3. The summed E-state index contributed by atoms with van der Waals surface area (Å²) in [7, 11) is -2.90. The normalized spacial score (nSPS) is 14.1. The van der Waals surface area contributed by atoms with E-state index in [1.165, 1.54) is 0 Å². The van der Waals surface area contributed by atoms with E-state index in [1.54, 1.807) is 0 Å². The van der Waals surface area contributed by atoms with E-state index in [9.17, 15) is 8.42 Å². The lowest BCUT2D eigenvalue weighted by atomic mass is 10.3. The van der Waals surface area contributed by atoms with Crippen molar-refractivity contribution in [3.05, 3.63) is 0 Å². The van der Waals surface area contributed by atoms with Crippen molar-refractivity contribution in [3.63, 3.8) is 0 Å². The van der Waals surface area contributed by atoms with Gasteiger partial charge in [-0.2, -0.15) is 0 Å². The second kappa shape index (κ2) is 8.07. The Kier molecular flexibility index (Phi) is 8.00. The van der Waals surface area contributed by atoms with E-state index < -0.39 is 9.84 Å². The van der Waals surface area contributed by atoms with Crippen LogP contribution in [-0.2, 0) is 14.6 Å². The highest BCUT2D eigenvalue weighted by Crippen LogP contribution is 2.04. The van der Waals surface area contributed by atoms with Crippen LogP contribution in [0.25, 0.3) is 0 Å². The predicted molar refractivity (Wildman–Crippen MR) is 62.6 cm³/mol. The zero-order valence-electron chi connectivity index (χ0n) is 9.74. The number of hydrogen-bond acceptors (Lipinski definition) is 4. The molecule has 0 aromatic rings. The molecule has 5 heteroatoms. The summed E-state index contributed by atoms with van der Waals surface area (Å²) in [5, 5.41) is 0. The van der Waals surface area contributed by atoms with Gasteiger partial charge in [-0.1, -0.05) is 13.3 Å². The fraction of sp³-hybridized carbons (Fsp3) is 1.00. The van der Waals surface area contributed by atoms with E-state index in [4.69, 9.17) is 10.5 Å². The molecule has 0 heterocycles. The zero-order valence-corrected chi connectivity index (χ0v) is 10.6. The van der Waals surface area contributed by atoms with Gasteiger partial charge in [-0.3, -0.25) is 0 Å². The first-order valence-corrected chi connectivity index (χ1v) is 7.40.